The van der Waals surface area contributed by atoms with E-state index in [0.717, 1.165) is 16.8 Å². The predicted molar refractivity (Wildman–Crippen MR) is 124 cm³/mol. The van der Waals surface area contributed by atoms with Crippen LogP contribution in [0.1, 0.15) is 17.1 Å². The number of aliphatic hydroxyl groups is 1. The van der Waals surface area contributed by atoms with Gasteiger partial charge in [-0.1, -0.05) is 30.3 Å². The first-order valence-corrected chi connectivity index (χ1v) is 10.8. The van der Waals surface area contributed by atoms with Crippen LogP contribution in [0.25, 0.3) is 22.4 Å². The molecular weight excluding hydrogens is 453 g/mol. The van der Waals surface area contributed by atoms with E-state index in [4.69, 9.17) is 5.41 Å². The van der Waals surface area contributed by atoms with E-state index in [1.807, 2.05) is 36.4 Å². The number of nitrogens with zero attached hydrogens (tertiary/aromatic N) is 5. The molecule has 0 amide bonds. The second kappa shape index (κ2) is 8.87. The lowest BCUT2D eigenvalue weighted by Gasteiger charge is -2.24. The number of hydrogen-bond acceptors (Lipinski definition) is 8. The number of anilines is 1. The van der Waals surface area contributed by atoms with E-state index in [-0.39, 0.29) is 25.4 Å². The largest absolute Gasteiger partial charge is 0.390 e. The van der Waals surface area contributed by atoms with Crippen molar-refractivity contribution in [2.24, 2.45) is 0 Å². The molecule has 0 saturated heterocycles. The first-order valence-electron chi connectivity index (χ1n) is 10.8. The van der Waals surface area contributed by atoms with Gasteiger partial charge in [-0.3, -0.25) is 25.0 Å². The molecule has 0 saturated carbocycles. The molecule has 0 radical (unpaired) electrons. The second-order valence-electron chi connectivity index (χ2n) is 8.18. The van der Waals surface area contributed by atoms with Crippen molar-refractivity contribution < 1.29 is 14.7 Å². The molecule has 0 unspecified atom stereocenters. The van der Waals surface area contributed by atoms with E-state index >= 15 is 0 Å². The average molecular weight is 475 g/mol. The zero-order valence-electron chi connectivity index (χ0n) is 18.7. The normalized spacial score (nSPS) is 13.3. The number of halogens is 1. The number of nitrogens with one attached hydrogen (secondary N) is 2. The molecule has 0 fully saturated rings. The van der Waals surface area contributed by atoms with E-state index in [9.17, 15) is 19.5 Å². The molecule has 178 valence electrons. The summed E-state index contributed by atoms with van der Waals surface area (Å²) in [6.07, 6.45) is 0. The third-order valence-corrected chi connectivity index (χ3v) is 5.73. The van der Waals surface area contributed by atoms with Gasteiger partial charge in [-0.2, -0.15) is 10.2 Å². The molecule has 5 rings (SSSR count). The Morgan fingerprint density at radius 3 is 2.60 bits per heavy atom. The van der Waals surface area contributed by atoms with E-state index in [2.05, 4.69) is 15.0 Å². The summed E-state index contributed by atoms with van der Waals surface area (Å²) in [4.78, 5) is 23.0. The van der Waals surface area contributed by atoms with Crippen molar-refractivity contribution in [1.82, 2.24) is 24.5 Å². The molecule has 10 nitrogen and oxygen atoms in total. The maximum absolute atomic E-state index is 13.4. The molecule has 1 aliphatic rings. The smallest absolute Gasteiger partial charge is 0.284 e. The highest BCUT2D eigenvalue weighted by Gasteiger charge is 2.33. The van der Waals surface area contributed by atoms with Gasteiger partial charge in [0.2, 0.25) is 5.62 Å². The van der Waals surface area contributed by atoms with Crippen molar-refractivity contribution in [1.29, 1.82) is 5.41 Å². The Balaban J connectivity index is 1.69. The number of aromatic nitrogens is 4. The van der Waals surface area contributed by atoms with Gasteiger partial charge in [-0.15, -0.1) is 0 Å². The molecule has 0 spiro atoms. The van der Waals surface area contributed by atoms with Gasteiger partial charge in [0.1, 0.15) is 6.67 Å². The summed E-state index contributed by atoms with van der Waals surface area (Å²) in [7, 11) is 0. The highest BCUT2D eigenvalue weighted by atomic mass is 19.1. The van der Waals surface area contributed by atoms with Crippen LogP contribution in [-0.2, 0) is 19.8 Å². The summed E-state index contributed by atoms with van der Waals surface area (Å²) in [5, 5.41) is 31.9. The Labute approximate surface area is 198 Å². The SMILES string of the molecule is Cc1cc(-c2c(-c3ccccc3)nc(=N)n3c2N(O)N(Cc2ccc(F)c(=O)[nH]2)C3)cc(CO)n1. The highest BCUT2D eigenvalue weighted by molar-refractivity contribution is 5.88. The predicted octanol–water partition coefficient (Wildman–Crippen LogP) is 2.30. The molecule has 3 aromatic heterocycles. The number of hydrazine groups is 1. The van der Waals surface area contributed by atoms with Gasteiger partial charge in [-0.05, 0) is 36.8 Å². The van der Waals surface area contributed by atoms with Crippen LogP contribution >= 0.6 is 0 Å². The Morgan fingerprint density at radius 1 is 1.11 bits per heavy atom. The van der Waals surface area contributed by atoms with E-state index < -0.39 is 11.4 Å². The van der Waals surface area contributed by atoms with Crippen LogP contribution in [0.3, 0.4) is 0 Å². The van der Waals surface area contributed by atoms with Gasteiger partial charge < -0.3 is 10.1 Å². The summed E-state index contributed by atoms with van der Waals surface area (Å²) in [6.45, 7) is 1.65. The highest BCUT2D eigenvalue weighted by Crippen LogP contribution is 2.40. The fraction of sp³-hybridized carbons (Fsp3) is 0.167. The molecule has 0 bridgehead atoms. The van der Waals surface area contributed by atoms with Gasteiger partial charge in [0.25, 0.3) is 5.56 Å². The minimum atomic E-state index is -0.895. The molecule has 4 heterocycles. The number of H-pyrrole nitrogens is 1. The summed E-state index contributed by atoms with van der Waals surface area (Å²) in [6, 6.07) is 15.3. The number of benzene rings is 1. The van der Waals surface area contributed by atoms with Crippen LogP contribution in [0.15, 0.2) is 59.4 Å². The van der Waals surface area contributed by atoms with Crippen LogP contribution in [0.2, 0.25) is 0 Å². The molecule has 1 aliphatic heterocycles. The van der Waals surface area contributed by atoms with Crippen LogP contribution in [0, 0.1) is 18.2 Å². The number of pyridine rings is 2. The van der Waals surface area contributed by atoms with Crippen LogP contribution < -0.4 is 16.3 Å². The summed E-state index contributed by atoms with van der Waals surface area (Å²) >= 11 is 0. The maximum Gasteiger partial charge on any atom is 0.284 e. The lowest BCUT2D eigenvalue weighted by atomic mass is 9.99. The summed E-state index contributed by atoms with van der Waals surface area (Å²) in [5.41, 5.74) is 3.01. The molecule has 1 aromatic carbocycles. The Kier molecular flexibility index (Phi) is 5.73. The van der Waals surface area contributed by atoms with Gasteiger partial charge in [0.05, 0.1) is 30.1 Å². The van der Waals surface area contributed by atoms with Crippen molar-refractivity contribution in [2.75, 3.05) is 5.17 Å². The quantitative estimate of drug-likeness (QED) is 0.348. The average Bonchev–Trinajstić information content (AvgIpc) is 3.18. The first kappa shape index (κ1) is 22.6. The Hall–Kier alpha value is -4.19. The molecule has 4 N–H and O–H groups in total. The number of aliphatic hydroxyl groups excluding tert-OH is 1. The second-order valence-corrected chi connectivity index (χ2v) is 8.18. The van der Waals surface area contributed by atoms with Gasteiger partial charge >= 0.3 is 0 Å². The van der Waals surface area contributed by atoms with Gasteiger partial charge in [-0.25, -0.2) is 9.37 Å². The summed E-state index contributed by atoms with van der Waals surface area (Å²) in [5.74, 6) is -0.600. The van der Waals surface area contributed by atoms with E-state index in [1.165, 1.54) is 15.6 Å². The Morgan fingerprint density at radius 2 is 1.89 bits per heavy atom. The van der Waals surface area contributed by atoms with E-state index in [0.29, 0.717) is 39.7 Å². The van der Waals surface area contributed by atoms with Crippen molar-refractivity contribution in [3.8, 4) is 22.4 Å². The lowest BCUT2D eigenvalue weighted by molar-refractivity contribution is 0.0613. The van der Waals surface area contributed by atoms with Crippen LogP contribution in [0.5, 0.6) is 0 Å². The monoisotopic (exact) mass is 475 g/mol. The molecule has 11 heteroatoms. The summed E-state index contributed by atoms with van der Waals surface area (Å²) < 4.78 is 14.9. The number of fused-ring (bicyclic) bond motifs is 1. The molecule has 4 aromatic rings. The van der Waals surface area contributed by atoms with Crippen LogP contribution in [-0.4, -0.2) is 34.8 Å². The van der Waals surface area contributed by atoms with Crippen molar-refractivity contribution in [3.63, 3.8) is 0 Å². The third-order valence-electron chi connectivity index (χ3n) is 5.73. The third kappa shape index (κ3) is 4.12. The molecular formula is C24H22FN7O3. The topological polar surface area (TPSA) is 134 Å². The Bertz CT molecular complexity index is 1530. The van der Waals surface area contributed by atoms with E-state index in [1.54, 1.807) is 13.0 Å². The number of aromatic amines is 1. The molecule has 0 atom stereocenters. The first-order chi connectivity index (χ1) is 16.9. The zero-order valence-corrected chi connectivity index (χ0v) is 18.7. The van der Waals surface area contributed by atoms with Crippen molar-refractivity contribution >= 4 is 5.82 Å². The fourth-order valence-electron chi connectivity index (χ4n) is 4.20. The van der Waals surface area contributed by atoms with Crippen molar-refractivity contribution in [2.45, 2.75) is 26.7 Å². The molecule has 0 aliphatic carbocycles. The van der Waals surface area contributed by atoms with Crippen LogP contribution in [0.4, 0.5) is 10.2 Å². The lowest BCUT2D eigenvalue weighted by Crippen LogP contribution is -2.35. The minimum Gasteiger partial charge on any atom is -0.390 e. The molecule has 35 heavy (non-hydrogen) atoms. The zero-order chi connectivity index (χ0) is 24.7. The number of aryl methyl sites for hydroxylation is 1. The van der Waals surface area contributed by atoms with Gasteiger partial charge in [0, 0.05) is 17.0 Å². The minimum absolute atomic E-state index is 0.0461. The van der Waals surface area contributed by atoms with Crippen molar-refractivity contribution in [3.05, 3.63) is 93.5 Å². The number of rotatable bonds is 5. The number of hydrogen-bond donors (Lipinski definition) is 4. The van der Waals surface area contributed by atoms with Gasteiger partial charge in [0.15, 0.2) is 11.6 Å². The fourth-order valence-corrected chi connectivity index (χ4v) is 4.20. The standard InChI is InChI=1S/C24H22FN7O3/c1-14-9-16(10-18(12-33)27-14)20-21(15-5-3-2-4-6-15)29-24(26)31-13-30(32(35)23(20)31)11-17-7-8-19(25)22(34)28-17/h2-10,26,33,35H,11-13H2,1H3,(H,28,34). The maximum atomic E-state index is 13.4.